The largest absolute Gasteiger partial charge is 0.398 e. The molecule has 2 rings (SSSR count). The highest BCUT2D eigenvalue weighted by molar-refractivity contribution is 9.10. The summed E-state index contributed by atoms with van der Waals surface area (Å²) in [5.41, 5.74) is 6.92. The van der Waals surface area contributed by atoms with Crippen molar-refractivity contribution in [2.24, 2.45) is 0 Å². The number of halogens is 1. The molecule has 0 aliphatic carbocycles. The summed E-state index contributed by atoms with van der Waals surface area (Å²) in [6, 6.07) is 6.53. The maximum Gasteiger partial charge on any atom is 0.262 e. The predicted molar refractivity (Wildman–Crippen MR) is 83.1 cm³/mol. The zero-order valence-corrected chi connectivity index (χ0v) is 13.6. The van der Waals surface area contributed by atoms with Crippen LogP contribution < -0.4 is 10.5 Å². The second-order valence-corrected chi connectivity index (χ2v) is 7.44. The van der Waals surface area contributed by atoms with Gasteiger partial charge in [-0.1, -0.05) is 0 Å². The van der Waals surface area contributed by atoms with Crippen molar-refractivity contribution in [1.82, 2.24) is 0 Å². The van der Waals surface area contributed by atoms with Crippen LogP contribution in [0.3, 0.4) is 0 Å². The van der Waals surface area contributed by atoms with E-state index in [0.717, 1.165) is 11.3 Å². The maximum absolute atomic E-state index is 12.4. The number of anilines is 2. The quantitative estimate of drug-likeness (QED) is 0.810. The minimum absolute atomic E-state index is 0.0930. The van der Waals surface area contributed by atoms with Crippen molar-refractivity contribution < 1.29 is 8.42 Å². The van der Waals surface area contributed by atoms with E-state index in [2.05, 4.69) is 20.7 Å². The molecule has 2 aromatic rings. The molecule has 0 atom stereocenters. The molecule has 104 valence electrons. The van der Waals surface area contributed by atoms with Crippen molar-refractivity contribution in [1.29, 1.82) is 5.26 Å². The van der Waals surface area contributed by atoms with Crippen LogP contribution in [0.5, 0.6) is 0 Å². The molecule has 1 aromatic heterocycles. The summed E-state index contributed by atoms with van der Waals surface area (Å²) in [4.78, 5) is 0.0930. The van der Waals surface area contributed by atoms with Gasteiger partial charge < -0.3 is 5.73 Å². The first-order valence-electron chi connectivity index (χ1n) is 5.41. The number of nitrogens with zero attached hydrogens (tertiary/aromatic N) is 1. The fourth-order valence-electron chi connectivity index (χ4n) is 1.61. The molecule has 8 heteroatoms. The highest BCUT2D eigenvalue weighted by Crippen LogP contribution is 2.30. The van der Waals surface area contributed by atoms with Gasteiger partial charge in [-0.25, -0.2) is 8.42 Å². The van der Waals surface area contributed by atoms with Crippen LogP contribution in [0.4, 0.5) is 10.7 Å². The van der Waals surface area contributed by atoms with E-state index in [0.29, 0.717) is 26.3 Å². The Hall–Kier alpha value is -1.56. The molecule has 0 amide bonds. The van der Waals surface area contributed by atoms with Gasteiger partial charge in [0.15, 0.2) is 0 Å². The van der Waals surface area contributed by atoms with E-state index in [1.807, 2.05) is 6.07 Å². The summed E-state index contributed by atoms with van der Waals surface area (Å²) in [6.45, 7) is 1.68. The van der Waals surface area contributed by atoms with Crippen molar-refractivity contribution >= 4 is 48.0 Å². The van der Waals surface area contributed by atoms with Crippen molar-refractivity contribution in [3.05, 3.63) is 39.2 Å². The summed E-state index contributed by atoms with van der Waals surface area (Å²) in [5, 5.41) is 10.9. The normalized spacial score (nSPS) is 11.1. The Bertz CT molecular complexity index is 807. The highest BCUT2D eigenvalue weighted by Gasteiger charge is 2.20. The van der Waals surface area contributed by atoms with Gasteiger partial charge in [-0.2, -0.15) is 5.26 Å². The molecule has 5 nitrogen and oxygen atoms in total. The van der Waals surface area contributed by atoms with E-state index in [4.69, 9.17) is 11.0 Å². The smallest absolute Gasteiger partial charge is 0.262 e. The van der Waals surface area contributed by atoms with Gasteiger partial charge in [0.2, 0.25) is 0 Å². The SMILES string of the molecule is Cc1cc(Br)c(N)cc1S(=O)(=O)Nc1sccc1C#N. The van der Waals surface area contributed by atoms with E-state index >= 15 is 0 Å². The lowest BCUT2D eigenvalue weighted by atomic mass is 10.2. The van der Waals surface area contributed by atoms with Crippen LogP contribution in [0.25, 0.3) is 0 Å². The Kier molecular flexibility index (Phi) is 4.04. The lowest BCUT2D eigenvalue weighted by molar-refractivity contribution is 0.601. The molecule has 0 unspecified atom stereocenters. The van der Waals surface area contributed by atoms with Gasteiger partial charge in [-0.3, -0.25) is 4.72 Å². The predicted octanol–water partition coefficient (Wildman–Crippen LogP) is 3.07. The van der Waals surface area contributed by atoms with Gasteiger partial charge in [0, 0.05) is 10.2 Å². The van der Waals surface area contributed by atoms with Gasteiger partial charge >= 0.3 is 0 Å². The second kappa shape index (κ2) is 5.44. The molecular formula is C12H10BrN3O2S2. The van der Waals surface area contributed by atoms with Gasteiger partial charge in [-0.05, 0) is 52.0 Å². The van der Waals surface area contributed by atoms with E-state index in [-0.39, 0.29) is 4.90 Å². The van der Waals surface area contributed by atoms with Crippen molar-refractivity contribution in [2.75, 3.05) is 10.5 Å². The van der Waals surface area contributed by atoms with Crippen molar-refractivity contribution in [3.63, 3.8) is 0 Å². The average Bonchev–Trinajstić information content (AvgIpc) is 2.80. The van der Waals surface area contributed by atoms with Gasteiger partial charge in [-0.15, -0.1) is 11.3 Å². The van der Waals surface area contributed by atoms with E-state index < -0.39 is 10.0 Å². The third-order valence-electron chi connectivity index (χ3n) is 2.60. The number of nitrogens with one attached hydrogen (secondary N) is 1. The van der Waals surface area contributed by atoms with E-state index in [1.165, 1.54) is 6.07 Å². The molecule has 0 aliphatic heterocycles. The molecule has 0 radical (unpaired) electrons. The minimum atomic E-state index is -3.78. The third-order valence-corrected chi connectivity index (χ3v) is 5.73. The number of thiophene rings is 1. The molecule has 0 aliphatic rings. The van der Waals surface area contributed by atoms with Gasteiger partial charge in [0.25, 0.3) is 10.0 Å². The number of nitriles is 1. The van der Waals surface area contributed by atoms with Crippen LogP contribution >= 0.6 is 27.3 Å². The number of rotatable bonds is 3. The number of nitrogen functional groups attached to an aromatic ring is 1. The fourth-order valence-corrected chi connectivity index (χ4v) is 4.40. The van der Waals surface area contributed by atoms with Gasteiger partial charge in [0.05, 0.1) is 10.5 Å². The molecular weight excluding hydrogens is 362 g/mol. The monoisotopic (exact) mass is 371 g/mol. The standard InChI is InChI=1S/C12H10BrN3O2S2/c1-7-4-9(13)10(15)5-11(7)20(17,18)16-12-8(6-14)2-3-19-12/h2-5,16H,15H2,1H3. The van der Waals surface area contributed by atoms with Crippen LogP contribution in [0.1, 0.15) is 11.1 Å². The van der Waals surface area contributed by atoms with Crippen molar-refractivity contribution in [3.8, 4) is 6.07 Å². The number of hydrogen-bond donors (Lipinski definition) is 2. The third kappa shape index (κ3) is 2.80. The average molecular weight is 372 g/mol. The maximum atomic E-state index is 12.4. The molecule has 3 N–H and O–H groups in total. The number of nitrogens with two attached hydrogens (primary N) is 1. The van der Waals surface area contributed by atoms with Crippen molar-refractivity contribution in [2.45, 2.75) is 11.8 Å². The minimum Gasteiger partial charge on any atom is -0.398 e. The molecule has 1 aromatic carbocycles. The summed E-state index contributed by atoms with van der Waals surface area (Å²) in [7, 11) is -3.78. The number of benzene rings is 1. The summed E-state index contributed by atoms with van der Waals surface area (Å²) in [6.07, 6.45) is 0. The second-order valence-electron chi connectivity index (χ2n) is 4.02. The lowest BCUT2D eigenvalue weighted by Crippen LogP contribution is -2.14. The van der Waals surface area contributed by atoms with Crippen LogP contribution in [-0.4, -0.2) is 8.42 Å². The number of aryl methyl sites for hydroxylation is 1. The highest BCUT2D eigenvalue weighted by atomic mass is 79.9. The first kappa shape index (κ1) is 14.8. The zero-order chi connectivity index (χ0) is 14.9. The molecule has 0 saturated carbocycles. The molecule has 0 saturated heterocycles. The Morgan fingerprint density at radius 2 is 2.15 bits per heavy atom. The number of hydrogen-bond acceptors (Lipinski definition) is 5. The Morgan fingerprint density at radius 3 is 2.80 bits per heavy atom. The van der Waals surface area contributed by atoms with Crippen LogP contribution in [0.2, 0.25) is 0 Å². The fraction of sp³-hybridized carbons (Fsp3) is 0.0833. The molecule has 1 heterocycles. The molecule has 0 spiro atoms. The first-order chi connectivity index (χ1) is 9.35. The number of sulfonamides is 1. The Balaban J connectivity index is 2.47. The Morgan fingerprint density at radius 1 is 1.45 bits per heavy atom. The Labute approximate surface area is 129 Å². The zero-order valence-electron chi connectivity index (χ0n) is 10.3. The lowest BCUT2D eigenvalue weighted by Gasteiger charge is -2.11. The van der Waals surface area contributed by atoms with E-state index in [1.54, 1.807) is 24.4 Å². The van der Waals surface area contributed by atoms with Crippen LogP contribution in [0.15, 0.2) is 32.9 Å². The summed E-state index contributed by atoms with van der Waals surface area (Å²) >= 11 is 4.40. The van der Waals surface area contributed by atoms with Gasteiger partial charge in [0.1, 0.15) is 11.1 Å². The summed E-state index contributed by atoms with van der Waals surface area (Å²) in [5.74, 6) is 0. The molecule has 0 bridgehead atoms. The molecule has 20 heavy (non-hydrogen) atoms. The van der Waals surface area contributed by atoms with E-state index in [9.17, 15) is 8.42 Å². The van der Waals surface area contributed by atoms with Crippen LogP contribution in [-0.2, 0) is 10.0 Å². The topological polar surface area (TPSA) is 96.0 Å². The van der Waals surface area contributed by atoms with Crippen LogP contribution in [0, 0.1) is 18.3 Å². The summed E-state index contributed by atoms with van der Waals surface area (Å²) < 4.78 is 27.8. The molecule has 0 fully saturated rings. The first-order valence-corrected chi connectivity index (χ1v) is 8.57.